The van der Waals surface area contributed by atoms with Crippen LogP contribution in [-0.4, -0.2) is 34.1 Å². The van der Waals surface area contributed by atoms with Crippen LogP contribution in [0.3, 0.4) is 0 Å². The maximum absolute atomic E-state index is 12.1. The molecule has 8 heteroatoms. The number of carbonyl (C=O) groups is 1. The molecule has 1 heterocycles. The summed E-state index contributed by atoms with van der Waals surface area (Å²) in [6.45, 7) is 1.84. The van der Waals surface area contributed by atoms with Gasteiger partial charge in [0, 0.05) is 13.2 Å². The van der Waals surface area contributed by atoms with Crippen LogP contribution in [0.4, 0.5) is 0 Å². The topological polar surface area (TPSA) is 98.5 Å². The van der Waals surface area contributed by atoms with E-state index in [-0.39, 0.29) is 21.4 Å². The molecule has 6 nitrogen and oxygen atoms in total. The molecular formula is C13H17ClN2O4S. The van der Waals surface area contributed by atoms with Gasteiger partial charge in [0.1, 0.15) is 0 Å². The number of primary sulfonamides is 1. The van der Waals surface area contributed by atoms with Gasteiger partial charge < -0.3 is 10.1 Å². The third-order valence-electron chi connectivity index (χ3n) is 3.32. The summed E-state index contributed by atoms with van der Waals surface area (Å²) >= 11 is 5.94. The lowest BCUT2D eigenvalue weighted by molar-refractivity contribution is 0.0536. The largest absolute Gasteiger partial charge is 0.381 e. The fourth-order valence-electron chi connectivity index (χ4n) is 2.16. The molecule has 3 N–H and O–H groups in total. The van der Waals surface area contributed by atoms with Crippen molar-refractivity contribution in [3.8, 4) is 0 Å². The predicted molar refractivity (Wildman–Crippen MR) is 78.7 cm³/mol. The summed E-state index contributed by atoms with van der Waals surface area (Å²) in [6, 6.07) is 3.80. The van der Waals surface area contributed by atoms with Crippen molar-refractivity contribution in [1.29, 1.82) is 0 Å². The molecular weight excluding hydrogens is 316 g/mol. The Kier molecular flexibility index (Phi) is 5.21. The Morgan fingerprint density at radius 3 is 2.86 bits per heavy atom. The van der Waals surface area contributed by atoms with E-state index in [1.54, 1.807) is 0 Å². The molecule has 1 atom stereocenters. The van der Waals surface area contributed by atoms with Crippen molar-refractivity contribution in [2.24, 2.45) is 11.1 Å². The van der Waals surface area contributed by atoms with E-state index < -0.39 is 15.9 Å². The number of ether oxygens (including phenoxy) is 1. The summed E-state index contributed by atoms with van der Waals surface area (Å²) in [5.41, 5.74) is 0.0971. The van der Waals surface area contributed by atoms with Crippen molar-refractivity contribution in [2.75, 3.05) is 19.8 Å². The lowest BCUT2D eigenvalue weighted by atomic mass is 10.0. The third-order valence-corrected chi connectivity index (χ3v) is 4.56. The van der Waals surface area contributed by atoms with Crippen LogP contribution in [0.25, 0.3) is 0 Å². The van der Waals surface area contributed by atoms with E-state index in [9.17, 15) is 13.2 Å². The van der Waals surface area contributed by atoms with Gasteiger partial charge in [-0.3, -0.25) is 4.79 Å². The van der Waals surface area contributed by atoms with E-state index in [2.05, 4.69) is 5.32 Å². The van der Waals surface area contributed by atoms with E-state index >= 15 is 0 Å². The van der Waals surface area contributed by atoms with Crippen molar-refractivity contribution in [1.82, 2.24) is 5.32 Å². The minimum Gasteiger partial charge on any atom is -0.381 e. The average molecular weight is 333 g/mol. The molecule has 0 aliphatic carbocycles. The zero-order valence-electron chi connectivity index (χ0n) is 11.3. The standard InChI is InChI=1S/C13H17ClN2O4S/c14-12-4-3-10(21(15,18)19)6-11(12)13(17)16-7-9-2-1-5-20-8-9/h3-4,6,9H,1-2,5,7-8H2,(H,16,17)(H2,15,18,19). The number of rotatable bonds is 4. The van der Waals surface area contributed by atoms with E-state index in [4.69, 9.17) is 21.5 Å². The average Bonchev–Trinajstić information content (AvgIpc) is 2.45. The Morgan fingerprint density at radius 1 is 1.48 bits per heavy atom. The van der Waals surface area contributed by atoms with Crippen LogP contribution < -0.4 is 10.5 Å². The van der Waals surface area contributed by atoms with Gasteiger partial charge in [-0.1, -0.05) is 11.6 Å². The fraction of sp³-hybridized carbons (Fsp3) is 0.462. The zero-order chi connectivity index (χ0) is 15.5. The fourth-order valence-corrected chi connectivity index (χ4v) is 2.90. The molecule has 1 aromatic rings. The van der Waals surface area contributed by atoms with Gasteiger partial charge in [-0.15, -0.1) is 0 Å². The lowest BCUT2D eigenvalue weighted by Crippen LogP contribution is -2.33. The number of hydrogen-bond acceptors (Lipinski definition) is 4. The molecule has 0 spiro atoms. The molecule has 0 saturated carbocycles. The molecule has 21 heavy (non-hydrogen) atoms. The smallest absolute Gasteiger partial charge is 0.252 e. The Bertz CT molecular complexity index is 627. The number of nitrogens with one attached hydrogen (secondary N) is 1. The first-order valence-electron chi connectivity index (χ1n) is 6.56. The highest BCUT2D eigenvalue weighted by Gasteiger charge is 2.18. The Balaban J connectivity index is 2.07. The minimum atomic E-state index is -3.87. The first-order chi connectivity index (χ1) is 9.88. The first-order valence-corrected chi connectivity index (χ1v) is 8.48. The van der Waals surface area contributed by atoms with Crippen LogP contribution in [0, 0.1) is 5.92 Å². The Hall–Kier alpha value is -1.15. The zero-order valence-corrected chi connectivity index (χ0v) is 12.9. The molecule has 1 aliphatic heterocycles. The SMILES string of the molecule is NS(=O)(=O)c1ccc(Cl)c(C(=O)NCC2CCCOC2)c1. The van der Waals surface area contributed by atoms with Crippen LogP contribution in [0.15, 0.2) is 23.1 Å². The second-order valence-electron chi connectivity index (χ2n) is 4.98. The molecule has 1 aromatic carbocycles. The molecule has 1 unspecified atom stereocenters. The molecule has 0 aromatic heterocycles. The van der Waals surface area contributed by atoms with Gasteiger partial charge in [0.05, 0.1) is 22.1 Å². The highest BCUT2D eigenvalue weighted by atomic mass is 35.5. The highest BCUT2D eigenvalue weighted by molar-refractivity contribution is 7.89. The second-order valence-corrected chi connectivity index (χ2v) is 6.95. The molecule has 1 fully saturated rings. The van der Waals surface area contributed by atoms with E-state index in [0.29, 0.717) is 13.2 Å². The van der Waals surface area contributed by atoms with E-state index in [0.717, 1.165) is 19.4 Å². The summed E-state index contributed by atoms with van der Waals surface area (Å²) < 4.78 is 28.0. The molecule has 1 amide bonds. The number of amides is 1. The van der Waals surface area contributed by atoms with Gasteiger partial charge in [-0.25, -0.2) is 13.6 Å². The van der Waals surface area contributed by atoms with E-state index in [1.807, 2.05) is 0 Å². The van der Waals surface area contributed by atoms with Gasteiger partial charge >= 0.3 is 0 Å². The van der Waals surface area contributed by atoms with Crippen molar-refractivity contribution >= 4 is 27.5 Å². The monoisotopic (exact) mass is 332 g/mol. The van der Waals surface area contributed by atoms with Crippen LogP contribution in [0.1, 0.15) is 23.2 Å². The Labute approximate surface area is 128 Å². The molecule has 2 rings (SSSR count). The lowest BCUT2D eigenvalue weighted by Gasteiger charge is -2.22. The number of nitrogens with two attached hydrogens (primary N) is 1. The number of sulfonamides is 1. The summed E-state index contributed by atoms with van der Waals surface area (Å²) in [5, 5.41) is 7.98. The van der Waals surface area contributed by atoms with Crippen molar-refractivity contribution in [2.45, 2.75) is 17.7 Å². The Morgan fingerprint density at radius 2 is 2.24 bits per heavy atom. The number of halogens is 1. The van der Waals surface area contributed by atoms with Crippen LogP contribution in [0.5, 0.6) is 0 Å². The van der Waals surface area contributed by atoms with E-state index in [1.165, 1.54) is 18.2 Å². The summed E-state index contributed by atoms with van der Waals surface area (Å²) in [7, 11) is -3.87. The first kappa shape index (κ1) is 16.2. The molecule has 0 bridgehead atoms. The maximum Gasteiger partial charge on any atom is 0.252 e. The van der Waals surface area contributed by atoms with Crippen molar-refractivity contribution in [3.05, 3.63) is 28.8 Å². The molecule has 0 radical (unpaired) electrons. The minimum absolute atomic E-state index is 0.0971. The van der Waals surface area contributed by atoms with Crippen LogP contribution >= 0.6 is 11.6 Å². The normalized spacial score (nSPS) is 19.2. The van der Waals surface area contributed by atoms with Gasteiger partial charge in [0.25, 0.3) is 5.91 Å². The predicted octanol–water partition coefficient (Wildman–Crippen LogP) is 1.14. The summed E-state index contributed by atoms with van der Waals surface area (Å²) in [4.78, 5) is 12.0. The van der Waals surface area contributed by atoms with Gasteiger partial charge in [-0.05, 0) is 37.0 Å². The van der Waals surface area contributed by atoms with Gasteiger partial charge in [-0.2, -0.15) is 0 Å². The second kappa shape index (κ2) is 6.74. The summed E-state index contributed by atoms with van der Waals surface area (Å²) in [5.74, 6) is -0.154. The molecule has 1 aliphatic rings. The quantitative estimate of drug-likeness (QED) is 0.863. The molecule has 116 valence electrons. The number of carbonyl (C=O) groups excluding carboxylic acids is 1. The van der Waals surface area contributed by atoms with Crippen LogP contribution in [-0.2, 0) is 14.8 Å². The van der Waals surface area contributed by atoms with Gasteiger partial charge in [0.2, 0.25) is 10.0 Å². The number of benzene rings is 1. The highest BCUT2D eigenvalue weighted by Crippen LogP contribution is 2.20. The molecule has 1 saturated heterocycles. The maximum atomic E-state index is 12.1. The summed E-state index contributed by atoms with van der Waals surface area (Å²) in [6.07, 6.45) is 1.97. The third kappa shape index (κ3) is 4.41. The van der Waals surface area contributed by atoms with Crippen molar-refractivity contribution in [3.63, 3.8) is 0 Å². The van der Waals surface area contributed by atoms with Crippen molar-refractivity contribution < 1.29 is 17.9 Å². The van der Waals surface area contributed by atoms with Gasteiger partial charge in [0.15, 0.2) is 0 Å². The van der Waals surface area contributed by atoms with Crippen LogP contribution in [0.2, 0.25) is 5.02 Å². The number of hydrogen-bond donors (Lipinski definition) is 2.